The maximum absolute atomic E-state index is 13.3. The van der Waals surface area contributed by atoms with Crippen LogP contribution in [0.15, 0.2) is 17.0 Å². The van der Waals surface area contributed by atoms with Crippen LogP contribution in [0.25, 0.3) is 0 Å². The van der Waals surface area contributed by atoms with Crippen LogP contribution in [-0.4, -0.2) is 12.9 Å². The van der Waals surface area contributed by atoms with Gasteiger partial charge in [-0.1, -0.05) is 0 Å². The van der Waals surface area contributed by atoms with Gasteiger partial charge < -0.3 is 4.74 Å². The summed E-state index contributed by atoms with van der Waals surface area (Å²) < 4.78 is 18.4. The summed E-state index contributed by atoms with van der Waals surface area (Å²) in [7, 11) is 0. The molecule has 0 saturated heterocycles. The van der Waals surface area contributed by atoms with Crippen molar-refractivity contribution >= 4 is 11.8 Å². The van der Waals surface area contributed by atoms with E-state index in [4.69, 9.17) is 4.74 Å². The van der Waals surface area contributed by atoms with Crippen molar-refractivity contribution in [1.29, 1.82) is 0 Å². The lowest BCUT2D eigenvalue weighted by atomic mass is 10.2. The summed E-state index contributed by atoms with van der Waals surface area (Å²) in [5.74, 6) is 0.0644. The molecule has 3 heteroatoms. The largest absolute Gasteiger partial charge is 0.491 e. The van der Waals surface area contributed by atoms with E-state index >= 15 is 0 Å². The molecule has 13 heavy (non-hydrogen) atoms. The Morgan fingerprint density at radius 2 is 2.15 bits per heavy atom. The SMILES string of the molecule is CCOc1cc(C)c(SC)cc1F. The van der Waals surface area contributed by atoms with E-state index < -0.39 is 0 Å². The zero-order valence-electron chi connectivity index (χ0n) is 8.06. The molecule has 1 aromatic carbocycles. The standard InChI is InChI=1S/C10H13FOS/c1-4-12-9-5-7(2)10(13-3)6-8(9)11/h5-6H,4H2,1-3H3. The number of benzene rings is 1. The summed E-state index contributed by atoms with van der Waals surface area (Å²) in [6.07, 6.45) is 1.93. The highest BCUT2D eigenvalue weighted by Crippen LogP contribution is 2.27. The summed E-state index contributed by atoms with van der Waals surface area (Å²) in [5.41, 5.74) is 1.05. The first-order chi connectivity index (χ1) is 6.19. The van der Waals surface area contributed by atoms with Gasteiger partial charge in [-0.2, -0.15) is 0 Å². The minimum atomic E-state index is -0.281. The van der Waals surface area contributed by atoms with E-state index in [0.29, 0.717) is 12.4 Å². The molecular weight excluding hydrogens is 187 g/mol. The number of hydrogen-bond donors (Lipinski definition) is 0. The molecule has 0 radical (unpaired) electrons. The zero-order chi connectivity index (χ0) is 9.84. The van der Waals surface area contributed by atoms with Gasteiger partial charge in [0.05, 0.1) is 6.61 Å². The Labute approximate surface area is 82.3 Å². The van der Waals surface area contributed by atoms with Crippen LogP contribution in [0, 0.1) is 12.7 Å². The van der Waals surface area contributed by atoms with Crippen molar-refractivity contribution in [3.05, 3.63) is 23.5 Å². The molecule has 1 aromatic rings. The van der Waals surface area contributed by atoms with Crippen LogP contribution in [0.2, 0.25) is 0 Å². The molecule has 1 rings (SSSR count). The van der Waals surface area contributed by atoms with Crippen LogP contribution in [0.4, 0.5) is 4.39 Å². The van der Waals surface area contributed by atoms with E-state index in [0.717, 1.165) is 10.5 Å². The summed E-state index contributed by atoms with van der Waals surface area (Å²) in [6.45, 7) is 4.29. The minimum Gasteiger partial charge on any atom is -0.491 e. The van der Waals surface area contributed by atoms with Crippen molar-refractivity contribution in [2.24, 2.45) is 0 Å². The highest BCUT2D eigenvalue weighted by atomic mass is 32.2. The summed E-state index contributed by atoms with van der Waals surface area (Å²) in [6, 6.07) is 3.26. The normalized spacial score (nSPS) is 10.2. The molecule has 0 N–H and O–H groups in total. The molecule has 0 aliphatic heterocycles. The molecule has 72 valence electrons. The van der Waals surface area contributed by atoms with Gasteiger partial charge in [-0.05, 0) is 37.8 Å². The predicted octanol–water partition coefficient (Wildman–Crippen LogP) is 3.25. The Hall–Kier alpha value is -0.700. The molecule has 0 fully saturated rings. The highest BCUT2D eigenvalue weighted by Gasteiger charge is 2.06. The van der Waals surface area contributed by atoms with Crippen molar-refractivity contribution in [2.45, 2.75) is 18.7 Å². The summed E-state index contributed by atoms with van der Waals surface area (Å²) >= 11 is 1.54. The Balaban J connectivity index is 3.05. The molecule has 0 spiro atoms. The first-order valence-electron chi connectivity index (χ1n) is 4.16. The summed E-state index contributed by atoms with van der Waals surface area (Å²) in [5, 5.41) is 0. The molecule has 0 atom stereocenters. The number of rotatable bonds is 3. The fourth-order valence-electron chi connectivity index (χ4n) is 1.12. The van der Waals surface area contributed by atoms with Crippen LogP contribution in [-0.2, 0) is 0 Å². The van der Waals surface area contributed by atoms with Crippen LogP contribution >= 0.6 is 11.8 Å². The van der Waals surface area contributed by atoms with Crippen LogP contribution < -0.4 is 4.74 Å². The van der Waals surface area contributed by atoms with Gasteiger partial charge in [-0.3, -0.25) is 0 Å². The molecule has 0 aliphatic carbocycles. The van der Waals surface area contributed by atoms with Gasteiger partial charge in [0.15, 0.2) is 11.6 Å². The number of hydrogen-bond acceptors (Lipinski definition) is 2. The summed E-state index contributed by atoms with van der Waals surface area (Å²) in [4.78, 5) is 0.959. The van der Waals surface area contributed by atoms with Gasteiger partial charge in [0.1, 0.15) is 0 Å². The predicted molar refractivity (Wildman–Crippen MR) is 54.1 cm³/mol. The van der Waals surface area contributed by atoms with Crippen molar-refractivity contribution in [1.82, 2.24) is 0 Å². The lowest BCUT2D eigenvalue weighted by Crippen LogP contribution is -1.95. The molecule has 0 amide bonds. The molecule has 0 bridgehead atoms. The van der Waals surface area contributed by atoms with Gasteiger partial charge in [-0.25, -0.2) is 4.39 Å². The lowest BCUT2D eigenvalue weighted by molar-refractivity contribution is 0.320. The zero-order valence-corrected chi connectivity index (χ0v) is 8.87. The minimum absolute atomic E-state index is 0.281. The third-order valence-electron chi connectivity index (χ3n) is 1.75. The number of thioether (sulfide) groups is 1. The van der Waals surface area contributed by atoms with E-state index in [1.165, 1.54) is 6.07 Å². The third-order valence-corrected chi connectivity index (χ3v) is 2.63. The second kappa shape index (κ2) is 4.51. The maximum atomic E-state index is 13.3. The number of halogens is 1. The molecule has 0 aliphatic rings. The fraction of sp³-hybridized carbons (Fsp3) is 0.400. The van der Waals surface area contributed by atoms with E-state index in [2.05, 4.69) is 0 Å². The van der Waals surface area contributed by atoms with Gasteiger partial charge in [0.2, 0.25) is 0 Å². The number of ether oxygens (including phenoxy) is 1. The maximum Gasteiger partial charge on any atom is 0.166 e. The molecular formula is C10H13FOS. The monoisotopic (exact) mass is 200 g/mol. The third kappa shape index (κ3) is 2.37. The second-order valence-corrected chi connectivity index (χ2v) is 3.53. The Kier molecular flexibility index (Phi) is 3.60. The van der Waals surface area contributed by atoms with E-state index in [1.807, 2.05) is 20.1 Å². The van der Waals surface area contributed by atoms with Gasteiger partial charge in [0, 0.05) is 4.90 Å². The van der Waals surface area contributed by atoms with Crippen molar-refractivity contribution < 1.29 is 9.13 Å². The number of aryl methyl sites for hydroxylation is 1. The quantitative estimate of drug-likeness (QED) is 0.693. The van der Waals surface area contributed by atoms with Gasteiger partial charge in [-0.15, -0.1) is 11.8 Å². The lowest BCUT2D eigenvalue weighted by Gasteiger charge is -2.08. The fourth-order valence-corrected chi connectivity index (χ4v) is 1.73. The Morgan fingerprint density at radius 3 is 2.69 bits per heavy atom. The Bertz CT molecular complexity index is 299. The van der Waals surface area contributed by atoms with Crippen LogP contribution in [0.3, 0.4) is 0 Å². The Morgan fingerprint density at radius 1 is 1.46 bits per heavy atom. The molecule has 0 unspecified atom stereocenters. The van der Waals surface area contributed by atoms with E-state index in [9.17, 15) is 4.39 Å². The van der Waals surface area contributed by atoms with Gasteiger partial charge in [0.25, 0.3) is 0 Å². The average molecular weight is 200 g/mol. The molecule has 0 aromatic heterocycles. The topological polar surface area (TPSA) is 9.23 Å². The first-order valence-corrected chi connectivity index (χ1v) is 5.38. The molecule has 1 nitrogen and oxygen atoms in total. The molecule has 0 heterocycles. The molecule has 0 saturated carbocycles. The van der Waals surface area contributed by atoms with Crippen LogP contribution in [0.1, 0.15) is 12.5 Å². The van der Waals surface area contributed by atoms with Crippen LogP contribution in [0.5, 0.6) is 5.75 Å². The first kappa shape index (κ1) is 10.4. The second-order valence-electron chi connectivity index (χ2n) is 2.69. The smallest absolute Gasteiger partial charge is 0.166 e. The van der Waals surface area contributed by atoms with E-state index in [1.54, 1.807) is 17.8 Å². The van der Waals surface area contributed by atoms with E-state index in [-0.39, 0.29) is 5.82 Å². The highest BCUT2D eigenvalue weighted by molar-refractivity contribution is 7.98. The van der Waals surface area contributed by atoms with Gasteiger partial charge >= 0.3 is 0 Å². The van der Waals surface area contributed by atoms with Crippen molar-refractivity contribution in [3.63, 3.8) is 0 Å². The van der Waals surface area contributed by atoms with Crippen molar-refractivity contribution in [3.8, 4) is 5.75 Å². The van der Waals surface area contributed by atoms with Crippen molar-refractivity contribution in [2.75, 3.05) is 12.9 Å². The average Bonchev–Trinajstić information content (AvgIpc) is 2.11.